The molecule has 148 valence electrons. The fourth-order valence-electron chi connectivity index (χ4n) is 3.36. The van der Waals surface area contributed by atoms with Crippen molar-refractivity contribution in [2.45, 2.75) is 32.1 Å². The zero-order valence-electron chi connectivity index (χ0n) is 16.1. The first-order valence-electron chi connectivity index (χ1n) is 9.62. The molecule has 1 aliphatic carbocycles. The van der Waals surface area contributed by atoms with E-state index >= 15 is 0 Å². The Morgan fingerprint density at radius 3 is 2.32 bits per heavy atom. The van der Waals surface area contributed by atoms with Gasteiger partial charge in [-0.15, -0.1) is 0 Å². The summed E-state index contributed by atoms with van der Waals surface area (Å²) in [5.74, 6) is 0.932. The summed E-state index contributed by atoms with van der Waals surface area (Å²) in [6, 6.07) is 14.3. The van der Waals surface area contributed by atoms with E-state index in [2.05, 4.69) is 10.6 Å². The molecule has 1 saturated carbocycles. The molecule has 3 rings (SSSR count). The first-order valence-corrected chi connectivity index (χ1v) is 9.62. The van der Waals surface area contributed by atoms with Crippen molar-refractivity contribution in [3.05, 3.63) is 48.5 Å². The van der Waals surface area contributed by atoms with E-state index in [1.165, 1.54) is 6.42 Å². The lowest BCUT2D eigenvalue weighted by molar-refractivity contribution is -0.120. The van der Waals surface area contributed by atoms with Crippen molar-refractivity contribution in [2.24, 2.45) is 5.92 Å². The van der Waals surface area contributed by atoms with Crippen molar-refractivity contribution in [1.29, 1.82) is 0 Å². The highest BCUT2D eigenvalue weighted by molar-refractivity contribution is 5.95. The van der Waals surface area contributed by atoms with Crippen molar-refractivity contribution >= 4 is 23.2 Å². The maximum atomic E-state index is 12.4. The normalized spacial score (nSPS) is 14.2. The van der Waals surface area contributed by atoms with E-state index in [0.29, 0.717) is 22.9 Å². The number of benzene rings is 2. The number of hydrogen-bond acceptors (Lipinski definition) is 4. The Kier molecular flexibility index (Phi) is 6.89. The lowest BCUT2D eigenvalue weighted by Crippen LogP contribution is -2.25. The number of hydrogen-bond donors (Lipinski definition) is 2. The largest absolute Gasteiger partial charge is 0.493 e. The van der Waals surface area contributed by atoms with Gasteiger partial charge in [-0.05, 0) is 43.2 Å². The molecule has 1 aliphatic rings. The molecule has 28 heavy (non-hydrogen) atoms. The van der Waals surface area contributed by atoms with Crippen molar-refractivity contribution in [1.82, 2.24) is 0 Å². The minimum atomic E-state index is -0.290. The summed E-state index contributed by atoms with van der Waals surface area (Å²) < 4.78 is 10.7. The van der Waals surface area contributed by atoms with E-state index in [4.69, 9.17) is 9.47 Å². The zero-order chi connectivity index (χ0) is 19.8. The van der Waals surface area contributed by atoms with Gasteiger partial charge in [0.15, 0.2) is 18.1 Å². The van der Waals surface area contributed by atoms with Gasteiger partial charge in [-0.2, -0.15) is 0 Å². The molecule has 0 aliphatic heterocycles. The third-order valence-electron chi connectivity index (χ3n) is 4.82. The van der Waals surface area contributed by atoms with Crippen molar-refractivity contribution in [3.8, 4) is 11.5 Å². The van der Waals surface area contributed by atoms with Gasteiger partial charge in [0.05, 0.1) is 7.11 Å². The number of methoxy groups -OCH3 is 1. The van der Waals surface area contributed by atoms with Crippen LogP contribution in [0.2, 0.25) is 0 Å². The molecule has 0 heterocycles. The molecule has 1 fully saturated rings. The van der Waals surface area contributed by atoms with E-state index in [9.17, 15) is 9.59 Å². The van der Waals surface area contributed by atoms with Gasteiger partial charge in [-0.1, -0.05) is 37.5 Å². The Morgan fingerprint density at radius 2 is 1.61 bits per heavy atom. The predicted octanol–water partition coefficient (Wildman–Crippen LogP) is 4.23. The molecule has 2 N–H and O–H groups in total. The minimum absolute atomic E-state index is 0.0580. The van der Waals surface area contributed by atoms with Crippen LogP contribution in [0, 0.1) is 5.92 Å². The van der Waals surface area contributed by atoms with E-state index in [1.807, 2.05) is 18.2 Å². The second-order valence-corrected chi connectivity index (χ2v) is 6.89. The molecule has 2 aromatic rings. The van der Waals surface area contributed by atoms with Crippen LogP contribution in [0.3, 0.4) is 0 Å². The number of carbonyl (C=O) groups excluding carboxylic acids is 2. The van der Waals surface area contributed by atoms with Gasteiger partial charge in [0.25, 0.3) is 5.91 Å². The highest BCUT2D eigenvalue weighted by Gasteiger charge is 2.21. The van der Waals surface area contributed by atoms with Gasteiger partial charge in [0.2, 0.25) is 5.91 Å². The molecule has 2 amide bonds. The second-order valence-electron chi connectivity index (χ2n) is 6.89. The monoisotopic (exact) mass is 382 g/mol. The summed E-state index contributed by atoms with van der Waals surface area (Å²) in [6.45, 7) is -0.140. The lowest BCUT2D eigenvalue weighted by Gasteiger charge is -2.20. The molecular weight excluding hydrogens is 356 g/mol. The number of anilines is 2. The van der Waals surface area contributed by atoms with Crippen LogP contribution in [0.25, 0.3) is 0 Å². The van der Waals surface area contributed by atoms with Crippen molar-refractivity contribution in [3.63, 3.8) is 0 Å². The van der Waals surface area contributed by atoms with Crippen molar-refractivity contribution in [2.75, 3.05) is 24.4 Å². The number of ether oxygens (including phenoxy) is 2. The number of carbonyl (C=O) groups is 2. The zero-order valence-corrected chi connectivity index (χ0v) is 16.1. The molecule has 0 bridgehead atoms. The van der Waals surface area contributed by atoms with Gasteiger partial charge in [-0.3, -0.25) is 9.59 Å². The topological polar surface area (TPSA) is 76.7 Å². The van der Waals surface area contributed by atoms with Crippen LogP contribution in [0.4, 0.5) is 11.4 Å². The summed E-state index contributed by atoms with van der Waals surface area (Å²) in [5.41, 5.74) is 1.29. The average molecular weight is 382 g/mol. The van der Waals surface area contributed by atoms with Gasteiger partial charge >= 0.3 is 0 Å². The van der Waals surface area contributed by atoms with Crippen LogP contribution in [0.1, 0.15) is 32.1 Å². The van der Waals surface area contributed by atoms with Crippen LogP contribution < -0.4 is 20.1 Å². The second kappa shape index (κ2) is 9.78. The predicted molar refractivity (Wildman–Crippen MR) is 109 cm³/mol. The quantitative estimate of drug-likeness (QED) is 0.751. The highest BCUT2D eigenvalue weighted by atomic mass is 16.5. The van der Waals surface area contributed by atoms with Crippen molar-refractivity contribution < 1.29 is 19.1 Å². The molecular formula is C22H26N2O4. The number of amides is 2. The molecule has 0 aromatic heterocycles. The summed E-state index contributed by atoms with van der Waals surface area (Å²) in [4.78, 5) is 24.6. The SMILES string of the molecule is COc1ccccc1OCC(=O)Nc1cccc(NC(=O)C2CCCCC2)c1. The Morgan fingerprint density at radius 1 is 0.929 bits per heavy atom. The number of nitrogens with one attached hydrogen (secondary N) is 2. The summed E-state index contributed by atoms with van der Waals surface area (Å²) in [7, 11) is 1.55. The third kappa shape index (κ3) is 5.49. The molecule has 6 nitrogen and oxygen atoms in total. The van der Waals surface area contributed by atoms with E-state index in [1.54, 1.807) is 37.4 Å². The highest BCUT2D eigenvalue weighted by Crippen LogP contribution is 2.26. The Balaban J connectivity index is 1.53. The molecule has 2 aromatic carbocycles. The minimum Gasteiger partial charge on any atom is -0.493 e. The van der Waals surface area contributed by atoms with Crippen LogP contribution in [-0.4, -0.2) is 25.5 Å². The van der Waals surface area contributed by atoms with Crippen LogP contribution >= 0.6 is 0 Å². The molecule has 0 unspecified atom stereocenters. The Hall–Kier alpha value is -3.02. The lowest BCUT2D eigenvalue weighted by atomic mass is 9.88. The van der Waals surface area contributed by atoms with Crippen LogP contribution in [0.5, 0.6) is 11.5 Å². The molecule has 0 atom stereocenters. The molecule has 0 saturated heterocycles. The van der Waals surface area contributed by atoms with Gasteiger partial charge in [-0.25, -0.2) is 0 Å². The maximum Gasteiger partial charge on any atom is 0.262 e. The van der Waals surface area contributed by atoms with Gasteiger partial charge < -0.3 is 20.1 Å². The standard InChI is InChI=1S/C22H26N2O4/c1-27-19-12-5-6-13-20(19)28-15-21(25)23-17-10-7-11-18(14-17)24-22(26)16-8-3-2-4-9-16/h5-7,10-14,16H,2-4,8-9,15H2,1H3,(H,23,25)(H,24,26). The third-order valence-corrected chi connectivity index (χ3v) is 4.82. The van der Waals surface area contributed by atoms with E-state index < -0.39 is 0 Å². The molecule has 0 spiro atoms. The van der Waals surface area contributed by atoms with E-state index in [0.717, 1.165) is 25.7 Å². The fourth-order valence-corrected chi connectivity index (χ4v) is 3.36. The Labute approximate surface area is 165 Å². The fraction of sp³-hybridized carbons (Fsp3) is 0.364. The first kappa shape index (κ1) is 19.7. The smallest absolute Gasteiger partial charge is 0.262 e. The van der Waals surface area contributed by atoms with Gasteiger partial charge in [0, 0.05) is 17.3 Å². The van der Waals surface area contributed by atoms with Crippen LogP contribution in [0.15, 0.2) is 48.5 Å². The van der Waals surface area contributed by atoms with E-state index in [-0.39, 0.29) is 24.3 Å². The average Bonchev–Trinajstić information content (AvgIpc) is 2.73. The Bertz CT molecular complexity index is 816. The van der Waals surface area contributed by atoms with Crippen LogP contribution in [-0.2, 0) is 9.59 Å². The van der Waals surface area contributed by atoms with Gasteiger partial charge in [0.1, 0.15) is 0 Å². The molecule has 0 radical (unpaired) electrons. The first-order chi connectivity index (χ1) is 13.7. The number of rotatable bonds is 7. The summed E-state index contributed by atoms with van der Waals surface area (Å²) in [6.07, 6.45) is 5.33. The maximum absolute atomic E-state index is 12.4. The number of para-hydroxylation sites is 2. The summed E-state index contributed by atoms with van der Waals surface area (Å²) in [5, 5.41) is 5.75. The molecule has 6 heteroatoms. The summed E-state index contributed by atoms with van der Waals surface area (Å²) >= 11 is 0.